The van der Waals surface area contributed by atoms with Gasteiger partial charge in [-0.2, -0.15) is 0 Å². The molecule has 0 bridgehead atoms. The van der Waals surface area contributed by atoms with E-state index in [0.29, 0.717) is 0 Å². The summed E-state index contributed by atoms with van der Waals surface area (Å²) in [6.07, 6.45) is -1.12. The highest BCUT2D eigenvalue weighted by molar-refractivity contribution is 6.03. The zero-order valence-electron chi connectivity index (χ0n) is 10.1. The van der Waals surface area contributed by atoms with Gasteiger partial charge in [0.2, 0.25) is 0 Å². The predicted molar refractivity (Wildman–Crippen MR) is 66.3 cm³/mol. The minimum atomic E-state index is -1.21. The molecule has 0 saturated carbocycles. The smallest absolute Gasteiger partial charge is 0.410 e. The number of benzene rings is 2. The maximum atomic E-state index is 13.3. The van der Waals surface area contributed by atoms with Crippen molar-refractivity contribution in [2.24, 2.45) is 0 Å². The summed E-state index contributed by atoms with van der Waals surface area (Å²) >= 11 is 0. The zero-order valence-corrected chi connectivity index (χ0v) is 10.1. The SMILES string of the molecule is O=C(NC(=O)c1c(F)cccc1F)Oc1ccccc1. The number of carbonyl (C=O) groups is 2. The van der Waals surface area contributed by atoms with E-state index < -0.39 is 29.2 Å². The first kappa shape index (κ1) is 13.7. The Bertz CT molecular complexity index is 624. The van der Waals surface area contributed by atoms with Gasteiger partial charge in [-0.3, -0.25) is 10.1 Å². The monoisotopic (exact) mass is 277 g/mol. The summed E-state index contributed by atoms with van der Waals surface area (Å²) < 4.78 is 31.4. The number of carbonyl (C=O) groups excluding carboxylic acids is 2. The molecule has 2 amide bonds. The van der Waals surface area contributed by atoms with Gasteiger partial charge in [0, 0.05) is 0 Å². The van der Waals surface area contributed by atoms with Crippen molar-refractivity contribution in [3.63, 3.8) is 0 Å². The number of nitrogens with one attached hydrogen (secondary N) is 1. The number of ether oxygens (including phenoxy) is 1. The van der Waals surface area contributed by atoms with E-state index in [9.17, 15) is 18.4 Å². The molecular formula is C14H9F2NO3. The predicted octanol–water partition coefficient (Wildman–Crippen LogP) is 2.89. The molecule has 20 heavy (non-hydrogen) atoms. The van der Waals surface area contributed by atoms with E-state index in [4.69, 9.17) is 4.74 Å². The fourth-order valence-electron chi connectivity index (χ4n) is 1.49. The highest BCUT2D eigenvalue weighted by atomic mass is 19.1. The van der Waals surface area contributed by atoms with Crippen molar-refractivity contribution in [2.75, 3.05) is 0 Å². The van der Waals surface area contributed by atoms with Crippen LogP contribution in [-0.4, -0.2) is 12.0 Å². The largest absolute Gasteiger partial charge is 0.419 e. The molecule has 0 atom stereocenters. The molecule has 2 rings (SSSR count). The first-order valence-corrected chi connectivity index (χ1v) is 5.60. The molecule has 2 aromatic carbocycles. The third-order valence-corrected chi connectivity index (χ3v) is 2.36. The van der Waals surface area contributed by atoms with Gasteiger partial charge in [0.25, 0.3) is 5.91 Å². The summed E-state index contributed by atoms with van der Waals surface area (Å²) in [7, 11) is 0. The first-order chi connectivity index (χ1) is 9.58. The van der Waals surface area contributed by atoms with Crippen molar-refractivity contribution in [1.82, 2.24) is 5.32 Å². The van der Waals surface area contributed by atoms with Gasteiger partial charge < -0.3 is 4.74 Å². The van der Waals surface area contributed by atoms with Crippen molar-refractivity contribution in [3.8, 4) is 5.75 Å². The van der Waals surface area contributed by atoms with E-state index in [1.54, 1.807) is 23.5 Å². The molecule has 0 unspecified atom stereocenters. The lowest BCUT2D eigenvalue weighted by Gasteiger charge is -2.06. The molecule has 1 N–H and O–H groups in total. The van der Waals surface area contributed by atoms with Crippen LogP contribution in [0.15, 0.2) is 48.5 Å². The summed E-state index contributed by atoms with van der Waals surface area (Å²) in [4.78, 5) is 23.0. The normalized spacial score (nSPS) is 9.90. The van der Waals surface area contributed by atoms with Gasteiger partial charge in [0.15, 0.2) is 0 Å². The average molecular weight is 277 g/mol. The molecule has 0 saturated heterocycles. The Morgan fingerprint density at radius 2 is 1.50 bits per heavy atom. The summed E-state index contributed by atoms with van der Waals surface area (Å²) in [5.74, 6) is -3.13. The summed E-state index contributed by atoms with van der Waals surface area (Å²) in [6, 6.07) is 10.9. The number of halogens is 2. The van der Waals surface area contributed by atoms with Crippen molar-refractivity contribution < 1.29 is 23.1 Å². The lowest BCUT2D eigenvalue weighted by atomic mass is 10.2. The van der Waals surface area contributed by atoms with Gasteiger partial charge in [-0.25, -0.2) is 13.6 Å². The van der Waals surface area contributed by atoms with Gasteiger partial charge in [-0.05, 0) is 24.3 Å². The van der Waals surface area contributed by atoms with Gasteiger partial charge >= 0.3 is 6.09 Å². The van der Waals surface area contributed by atoms with Gasteiger partial charge in [0.05, 0.1) is 0 Å². The van der Waals surface area contributed by atoms with Crippen LogP contribution in [0.1, 0.15) is 10.4 Å². The van der Waals surface area contributed by atoms with Gasteiger partial charge in [0.1, 0.15) is 22.9 Å². The Labute approximate surface area is 113 Å². The van der Waals surface area contributed by atoms with Crippen molar-refractivity contribution >= 4 is 12.0 Å². The van der Waals surface area contributed by atoms with Gasteiger partial charge in [-0.15, -0.1) is 0 Å². The second-order valence-corrected chi connectivity index (χ2v) is 3.75. The summed E-state index contributed by atoms with van der Waals surface area (Å²) in [6.45, 7) is 0. The molecule has 2 aromatic rings. The molecule has 0 fully saturated rings. The molecule has 6 heteroatoms. The Morgan fingerprint density at radius 1 is 0.900 bits per heavy atom. The van der Waals surface area contributed by atoms with E-state index >= 15 is 0 Å². The Morgan fingerprint density at radius 3 is 2.10 bits per heavy atom. The van der Waals surface area contributed by atoms with E-state index in [2.05, 4.69) is 0 Å². The fraction of sp³-hybridized carbons (Fsp3) is 0. The molecule has 0 aliphatic rings. The van der Waals surface area contributed by atoms with Crippen LogP contribution in [0.25, 0.3) is 0 Å². The molecule has 0 heterocycles. The molecule has 0 aliphatic heterocycles. The van der Waals surface area contributed by atoms with Crippen LogP contribution in [0.4, 0.5) is 13.6 Å². The Kier molecular flexibility index (Phi) is 4.05. The summed E-state index contributed by atoms with van der Waals surface area (Å²) in [5, 5.41) is 1.75. The number of hydrogen-bond acceptors (Lipinski definition) is 3. The minimum absolute atomic E-state index is 0.201. The van der Waals surface area contributed by atoms with Crippen LogP contribution in [0.5, 0.6) is 5.75 Å². The number of hydrogen-bond donors (Lipinski definition) is 1. The van der Waals surface area contributed by atoms with Crippen LogP contribution in [0.3, 0.4) is 0 Å². The number of rotatable bonds is 2. The second kappa shape index (κ2) is 5.92. The molecule has 4 nitrogen and oxygen atoms in total. The molecular weight excluding hydrogens is 268 g/mol. The second-order valence-electron chi connectivity index (χ2n) is 3.75. The quantitative estimate of drug-likeness (QED) is 0.918. The number of amides is 2. The lowest BCUT2D eigenvalue weighted by molar-refractivity contribution is 0.0942. The lowest BCUT2D eigenvalue weighted by Crippen LogP contribution is -2.34. The third-order valence-electron chi connectivity index (χ3n) is 2.36. The van der Waals surface area contributed by atoms with Crippen LogP contribution >= 0.6 is 0 Å². The summed E-state index contributed by atoms with van der Waals surface area (Å²) in [5.41, 5.74) is -0.836. The number of para-hydroxylation sites is 1. The highest BCUT2D eigenvalue weighted by Gasteiger charge is 2.19. The van der Waals surface area contributed by atoms with Crippen molar-refractivity contribution in [3.05, 3.63) is 65.7 Å². The Balaban J connectivity index is 2.07. The van der Waals surface area contributed by atoms with Gasteiger partial charge in [-0.1, -0.05) is 24.3 Å². The van der Waals surface area contributed by atoms with E-state index in [1.807, 2.05) is 0 Å². The highest BCUT2D eigenvalue weighted by Crippen LogP contribution is 2.12. The topological polar surface area (TPSA) is 55.4 Å². The van der Waals surface area contributed by atoms with E-state index in [-0.39, 0.29) is 5.75 Å². The first-order valence-electron chi connectivity index (χ1n) is 5.60. The molecule has 0 aliphatic carbocycles. The van der Waals surface area contributed by atoms with Crippen molar-refractivity contribution in [2.45, 2.75) is 0 Å². The van der Waals surface area contributed by atoms with Crippen LogP contribution in [-0.2, 0) is 0 Å². The van der Waals surface area contributed by atoms with E-state index in [1.165, 1.54) is 12.1 Å². The molecule has 102 valence electrons. The third kappa shape index (κ3) is 3.17. The van der Waals surface area contributed by atoms with Crippen LogP contribution in [0, 0.1) is 11.6 Å². The molecule has 0 spiro atoms. The maximum Gasteiger partial charge on any atom is 0.419 e. The average Bonchev–Trinajstić information content (AvgIpc) is 2.39. The van der Waals surface area contributed by atoms with Crippen molar-refractivity contribution in [1.29, 1.82) is 0 Å². The Hall–Kier alpha value is -2.76. The van der Waals surface area contributed by atoms with E-state index in [0.717, 1.165) is 18.2 Å². The number of imide groups is 1. The fourth-order valence-corrected chi connectivity index (χ4v) is 1.49. The van der Waals surface area contributed by atoms with Crippen LogP contribution in [0.2, 0.25) is 0 Å². The standard InChI is InChI=1S/C14H9F2NO3/c15-10-7-4-8-11(16)12(10)13(18)17-14(19)20-9-5-2-1-3-6-9/h1-8H,(H,17,18,19). The molecule has 0 radical (unpaired) electrons. The maximum absolute atomic E-state index is 13.3. The molecule has 0 aromatic heterocycles. The zero-order chi connectivity index (χ0) is 14.5. The minimum Gasteiger partial charge on any atom is -0.410 e. The van der Waals surface area contributed by atoms with Crippen LogP contribution < -0.4 is 10.1 Å².